The van der Waals surface area contributed by atoms with Crippen LogP contribution in [-0.2, 0) is 0 Å². The summed E-state index contributed by atoms with van der Waals surface area (Å²) in [6.45, 7) is 1.93. The molecule has 0 saturated heterocycles. The minimum Gasteiger partial charge on any atom is -0.166 e. The zero-order valence-electron chi connectivity index (χ0n) is 9.14. The Kier molecular flexibility index (Phi) is 4.47. The topological polar surface area (TPSA) is 0 Å². The van der Waals surface area contributed by atoms with Crippen LogP contribution in [0.1, 0.15) is 13.3 Å². The first-order valence-electron chi connectivity index (χ1n) is 4.80. The van der Waals surface area contributed by atoms with Gasteiger partial charge < -0.3 is 0 Å². The maximum Gasteiger partial charge on any atom is 0.412 e. The van der Waals surface area contributed by atoms with E-state index in [0.717, 1.165) is 16.6 Å². The first kappa shape index (κ1) is 13.2. The Morgan fingerprint density at radius 2 is 2.06 bits per heavy atom. The average Bonchev–Trinajstić information content (AvgIpc) is 2.42. The molecule has 0 unspecified atom stereocenters. The molecular formula is C12H13F3S. The van der Waals surface area contributed by atoms with E-state index in [1.54, 1.807) is 23.9 Å². The molecule has 0 aromatic carbocycles. The average molecular weight is 246 g/mol. The Morgan fingerprint density at radius 3 is 2.62 bits per heavy atom. The second-order valence-corrected chi connectivity index (χ2v) is 4.47. The number of thioether (sulfide) groups is 1. The fourth-order valence-corrected chi connectivity index (χ4v) is 1.50. The highest BCUT2D eigenvalue weighted by atomic mass is 32.2. The van der Waals surface area contributed by atoms with Crippen LogP contribution in [0.2, 0.25) is 0 Å². The summed E-state index contributed by atoms with van der Waals surface area (Å²) in [4.78, 5) is 1.07. The quantitative estimate of drug-likeness (QED) is 0.684. The van der Waals surface area contributed by atoms with Crippen molar-refractivity contribution < 1.29 is 13.2 Å². The number of alkyl halides is 3. The van der Waals surface area contributed by atoms with Gasteiger partial charge in [-0.3, -0.25) is 0 Å². The summed E-state index contributed by atoms with van der Waals surface area (Å²) in [5.41, 5.74) is 0.292. The van der Waals surface area contributed by atoms with E-state index in [2.05, 4.69) is 0 Å². The van der Waals surface area contributed by atoms with Gasteiger partial charge >= 0.3 is 6.18 Å². The standard InChI is InChI=1S/C12H13F3S/c1-9(16-2)8-10-4-3-5-11(7-6-10)12(13,14)15/h3-4,6-8H,5H2,1-2H3/b9-8-. The van der Waals surface area contributed by atoms with Crippen LogP contribution in [0.5, 0.6) is 0 Å². The molecule has 0 amide bonds. The molecule has 0 saturated carbocycles. The summed E-state index contributed by atoms with van der Waals surface area (Å²) in [5.74, 6) is 0. The van der Waals surface area contributed by atoms with Crippen molar-refractivity contribution in [3.8, 4) is 0 Å². The lowest BCUT2D eigenvalue weighted by molar-refractivity contribution is -0.0928. The second-order valence-electron chi connectivity index (χ2n) is 3.42. The summed E-state index contributed by atoms with van der Waals surface area (Å²) in [7, 11) is 0. The van der Waals surface area contributed by atoms with E-state index in [9.17, 15) is 13.2 Å². The Hall–Kier alpha value is -0.900. The SMILES string of the molecule is CS/C(C)=C\C1=CC=C(C(F)(F)F)CC=C1. The van der Waals surface area contributed by atoms with Crippen molar-refractivity contribution in [2.45, 2.75) is 19.5 Å². The Labute approximate surface area is 97.6 Å². The molecule has 0 heterocycles. The highest BCUT2D eigenvalue weighted by Gasteiger charge is 2.32. The molecule has 0 aromatic rings. The third-order valence-electron chi connectivity index (χ3n) is 2.18. The van der Waals surface area contributed by atoms with Crippen LogP contribution in [0.25, 0.3) is 0 Å². The number of halogens is 3. The van der Waals surface area contributed by atoms with Crippen LogP contribution in [0, 0.1) is 0 Å². The lowest BCUT2D eigenvalue weighted by Crippen LogP contribution is -2.10. The molecule has 1 aliphatic carbocycles. The van der Waals surface area contributed by atoms with E-state index in [0.29, 0.717) is 0 Å². The number of rotatable bonds is 2. The van der Waals surface area contributed by atoms with Crippen LogP contribution in [0.15, 0.2) is 46.4 Å². The summed E-state index contributed by atoms with van der Waals surface area (Å²) in [6, 6.07) is 0. The van der Waals surface area contributed by atoms with Gasteiger partial charge in [0.05, 0.1) is 0 Å². The molecule has 1 aliphatic rings. The van der Waals surface area contributed by atoms with Crippen LogP contribution in [0.4, 0.5) is 13.2 Å². The normalized spacial score (nSPS) is 17.9. The molecule has 0 atom stereocenters. The Morgan fingerprint density at radius 1 is 1.38 bits per heavy atom. The fourth-order valence-electron chi connectivity index (χ4n) is 1.24. The summed E-state index contributed by atoms with van der Waals surface area (Å²) >= 11 is 1.58. The molecule has 0 nitrogen and oxygen atoms in total. The Bertz CT molecular complexity index is 370. The predicted molar refractivity (Wildman–Crippen MR) is 63.3 cm³/mol. The molecule has 0 aromatic heterocycles. The summed E-state index contributed by atoms with van der Waals surface area (Å²) < 4.78 is 37.3. The smallest absolute Gasteiger partial charge is 0.166 e. The van der Waals surface area contributed by atoms with Gasteiger partial charge in [0.25, 0.3) is 0 Å². The number of hydrogen-bond acceptors (Lipinski definition) is 1. The molecule has 1 rings (SSSR count). The summed E-state index contributed by atoms with van der Waals surface area (Å²) in [5, 5.41) is 0. The van der Waals surface area contributed by atoms with Gasteiger partial charge in [0.2, 0.25) is 0 Å². The van der Waals surface area contributed by atoms with E-state index >= 15 is 0 Å². The Balaban J connectivity index is 2.93. The van der Waals surface area contributed by atoms with Gasteiger partial charge in [-0.1, -0.05) is 24.3 Å². The first-order chi connectivity index (χ1) is 7.43. The molecule has 0 bridgehead atoms. The molecule has 0 radical (unpaired) electrons. The van der Waals surface area contributed by atoms with Gasteiger partial charge in [0.1, 0.15) is 0 Å². The minimum absolute atomic E-state index is 0.0599. The molecule has 88 valence electrons. The van der Waals surface area contributed by atoms with Gasteiger partial charge in [-0.25, -0.2) is 0 Å². The van der Waals surface area contributed by atoms with E-state index in [1.807, 2.05) is 19.3 Å². The lowest BCUT2D eigenvalue weighted by Gasteiger charge is -2.07. The zero-order valence-corrected chi connectivity index (χ0v) is 9.95. The molecule has 0 spiro atoms. The molecule has 16 heavy (non-hydrogen) atoms. The maximum absolute atomic E-state index is 12.4. The van der Waals surface area contributed by atoms with E-state index < -0.39 is 11.7 Å². The molecule has 0 N–H and O–H groups in total. The third kappa shape index (κ3) is 3.93. The van der Waals surface area contributed by atoms with Crippen molar-refractivity contribution >= 4 is 11.8 Å². The largest absolute Gasteiger partial charge is 0.412 e. The molecular weight excluding hydrogens is 233 g/mol. The van der Waals surface area contributed by atoms with Crippen LogP contribution < -0.4 is 0 Å². The number of hydrogen-bond donors (Lipinski definition) is 0. The lowest BCUT2D eigenvalue weighted by atomic mass is 10.2. The molecule has 0 aliphatic heterocycles. The van der Waals surface area contributed by atoms with Gasteiger partial charge in [0.15, 0.2) is 0 Å². The zero-order chi connectivity index (χ0) is 12.2. The number of allylic oxidation sites excluding steroid dienone is 8. The molecule has 0 fully saturated rings. The highest BCUT2D eigenvalue weighted by Crippen LogP contribution is 2.30. The fraction of sp³-hybridized carbons (Fsp3) is 0.333. The van der Waals surface area contributed by atoms with Crippen molar-refractivity contribution in [1.82, 2.24) is 0 Å². The highest BCUT2D eigenvalue weighted by molar-refractivity contribution is 8.02. The first-order valence-corrected chi connectivity index (χ1v) is 6.03. The van der Waals surface area contributed by atoms with Gasteiger partial charge in [-0.15, -0.1) is 11.8 Å². The monoisotopic (exact) mass is 246 g/mol. The van der Waals surface area contributed by atoms with E-state index in [-0.39, 0.29) is 6.42 Å². The van der Waals surface area contributed by atoms with E-state index in [4.69, 9.17) is 0 Å². The van der Waals surface area contributed by atoms with Gasteiger partial charge in [0, 0.05) is 5.57 Å². The maximum atomic E-state index is 12.4. The van der Waals surface area contributed by atoms with Gasteiger partial charge in [-0.05, 0) is 36.2 Å². The predicted octanol–water partition coefficient (Wildman–Crippen LogP) is 4.63. The minimum atomic E-state index is -4.23. The third-order valence-corrected chi connectivity index (χ3v) is 2.94. The van der Waals surface area contributed by atoms with Crippen molar-refractivity contribution in [1.29, 1.82) is 0 Å². The van der Waals surface area contributed by atoms with Crippen molar-refractivity contribution in [2.75, 3.05) is 6.26 Å². The van der Waals surface area contributed by atoms with Crippen molar-refractivity contribution in [3.63, 3.8) is 0 Å². The van der Waals surface area contributed by atoms with Crippen LogP contribution in [0.3, 0.4) is 0 Å². The van der Waals surface area contributed by atoms with Crippen LogP contribution >= 0.6 is 11.8 Å². The van der Waals surface area contributed by atoms with Crippen molar-refractivity contribution in [3.05, 3.63) is 46.4 Å². The summed E-state index contributed by atoms with van der Waals surface area (Å²) in [6.07, 6.45) is 5.44. The second kappa shape index (κ2) is 5.43. The van der Waals surface area contributed by atoms with Crippen molar-refractivity contribution in [2.24, 2.45) is 0 Å². The van der Waals surface area contributed by atoms with Crippen LogP contribution in [-0.4, -0.2) is 12.4 Å². The van der Waals surface area contributed by atoms with Gasteiger partial charge in [-0.2, -0.15) is 13.2 Å². The molecule has 4 heteroatoms. The van der Waals surface area contributed by atoms with E-state index in [1.165, 1.54) is 6.08 Å².